The summed E-state index contributed by atoms with van der Waals surface area (Å²) in [6.07, 6.45) is 1.90. The lowest BCUT2D eigenvalue weighted by Crippen LogP contribution is -2.41. The van der Waals surface area contributed by atoms with E-state index in [1.807, 2.05) is 19.9 Å². The minimum absolute atomic E-state index is 0.000779. The van der Waals surface area contributed by atoms with Crippen LogP contribution in [0.15, 0.2) is 47.4 Å². The maximum absolute atomic E-state index is 12.8. The van der Waals surface area contributed by atoms with E-state index in [1.165, 1.54) is 12.1 Å². The fourth-order valence-corrected chi connectivity index (χ4v) is 4.39. The van der Waals surface area contributed by atoms with Gasteiger partial charge in [-0.2, -0.15) is 0 Å². The summed E-state index contributed by atoms with van der Waals surface area (Å²) in [6.45, 7) is 6.29. The van der Waals surface area contributed by atoms with Crippen LogP contribution in [0.1, 0.15) is 41.3 Å². The summed E-state index contributed by atoms with van der Waals surface area (Å²) in [4.78, 5) is 12.8. The largest absolute Gasteiger partial charge is 0.376 e. The summed E-state index contributed by atoms with van der Waals surface area (Å²) in [7, 11) is -3.80. The Hall–Kier alpha value is -2.38. The van der Waals surface area contributed by atoms with Crippen molar-refractivity contribution in [3.8, 4) is 0 Å². The normalized spacial score (nSPS) is 17.9. The van der Waals surface area contributed by atoms with Crippen molar-refractivity contribution in [2.24, 2.45) is 0 Å². The van der Waals surface area contributed by atoms with Gasteiger partial charge >= 0.3 is 0 Å². The predicted molar refractivity (Wildman–Crippen MR) is 109 cm³/mol. The van der Waals surface area contributed by atoms with E-state index in [-0.39, 0.29) is 22.9 Å². The number of sulfonamides is 1. The van der Waals surface area contributed by atoms with Crippen LogP contribution in [0.25, 0.3) is 0 Å². The van der Waals surface area contributed by atoms with Crippen molar-refractivity contribution in [3.05, 3.63) is 59.2 Å². The molecule has 0 bridgehead atoms. The zero-order chi connectivity index (χ0) is 20.3. The quantitative estimate of drug-likeness (QED) is 0.776. The number of benzene rings is 2. The van der Waals surface area contributed by atoms with E-state index >= 15 is 0 Å². The van der Waals surface area contributed by atoms with Gasteiger partial charge in [0.05, 0.1) is 17.0 Å². The number of aryl methyl sites for hydroxylation is 2. The summed E-state index contributed by atoms with van der Waals surface area (Å²) in [5, 5.41) is 2.94. The molecule has 7 heteroatoms. The van der Waals surface area contributed by atoms with E-state index in [9.17, 15) is 13.2 Å². The zero-order valence-corrected chi connectivity index (χ0v) is 17.2. The van der Waals surface area contributed by atoms with Gasteiger partial charge in [-0.15, -0.1) is 0 Å². The summed E-state index contributed by atoms with van der Waals surface area (Å²) < 4.78 is 33.7. The molecular weight excluding hydrogens is 376 g/mol. The molecule has 2 N–H and O–H groups in total. The van der Waals surface area contributed by atoms with E-state index in [0.717, 1.165) is 18.4 Å². The highest BCUT2D eigenvalue weighted by Crippen LogP contribution is 2.21. The fourth-order valence-electron chi connectivity index (χ4n) is 3.31. The lowest BCUT2D eigenvalue weighted by molar-refractivity contribution is 0.0712. The maximum atomic E-state index is 12.8. The molecular formula is C21H26N2O4S. The molecule has 0 aliphatic carbocycles. The number of carbonyl (C=O) groups is 1. The van der Waals surface area contributed by atoms with Gasteiger partial charge in [-0.25, -0.2) is 8.42 Å². The molecule has 2 atom stereocenters. The molecule has 2 aromatic carbocycles. The number of nitrogens with one attached hydrogen (secondary N) is 2. The number of amides is 1. The van der Waals surface area contributed by atoms with Crippen molar-refractivity contribution in [1.82, 2.24) is 5.32 Å². The molecule has 1 aliphatic heterocycles. The SMILES string of the molecule is Cc1cccc(NS(=O)(=O)c2ccc(C)c(C(=O)NC(C)C3CCCO3)c2)c1. The van der Waals surface area contributed by atoms with Crippen molar-refractivity contribution in [2.45, 2.75) is 50.7 Å². The van der Waals surface area contributed by atoms with Gasteiger partial charge in [0, 0.05) is 17.9 Å². The number of carbonyl (C=O) groups excluding carboxylic acids is 1. The predicted octanol–water partition coefficient (Wildman–Crippen LogP) is 3.40. The standard InChI is InChI=1S/C21H26N2O4S/c1-14-6-4-7-17(12-14)23-28(25,26)18-10-9-15(2)19(13-18)21(24)22-16(3)20-8-5-11-27-20/h4,6-7,9-10,12-13,16,20,23H,5,8,11H2,1-3H3,(H,22,24). The lowest BCUT2D eigenvalue weighted by Gasteiger charge is -2.20. The zero-order valence-electron chi connectivity index (χ0n) is 16.4. The van der Waals surface area contributed by atoms with Crippen molar-refractivity contribution in [2.75, 3.05) is 11.3 Å². The van der Waals surface area contributed by atoms with Crippen molar-refractivity contribution in [3.63, 3.8) is 0 Å². The molecule has 3 rings (SSSR count). The molecule has 1 aliphatic rings. The molecule has 1 amide bonds. The second-order valence-corrected chi connectivity index (χ2v) is 8.95. The van der Waals surface area contributed by atoms with Gasteiger partial charge < -0.3 is 10.1 Å². The summed E-state index contributed by atoms with van der Waals surface area (Å²) in [5.74, 6) is -0.298. The van der Waals surface area contributed by atoms with E-state index in [0.29, 0.717) is 23.4 Å². The van der Waals surface area contributed by atoms with E-state index in [2.05, 4.69) is 10.0 Å². The molecule has 1 fully saturated rings. The molecule has 1 saturated heterocycles. The topological polar surface area (TPSA) is 84.5 Å². The van der Waals surface area contributed by atoms with Gasteiger partial charge in [-0.1, -0.05) is 18.2 Å². The molecule has 2 unspecified atom stereocenters. The lowest BCUT2D eigenvalue weighted by atomic mass is 10.1. The van der Waals surface area contributed by atoms with Gasteiger partial charge in [-0.3, -0.25) is 9.52 Å². The maximum Gasteiger partial charge on any atom is 0.261 e. The second-order valence-electron chi connectivity index (χ2n) is 7.27. The first-order chi connectivity index (χ1) is 13.3. The van der Waals surface area contributed by atoms with E-state index < -0.39 is 10.0 Å². The third-order valence-corrected chi connectivity index (χ3v) is 6.29. The molecule has 1 heterocycles. The highest BCUT2D eigenvalue weighted by atomic mass is 32.2. The Morgan fingerprint density at radius 2 is 1.96 bits per heavy atom. The monoisotopic (exact) mass is 402 g/mol. The van der Waals surface area contributed by atoms with Crippen molar-refractivity contribution < 1.29 is 17.9 Å². The van der Waals surface area contributed by atoms with E-state index in [4.69, 9.17) is 4.74 Å². The highest BCUT2D eigenvalue weighted by molar-refractivity contribution is 7.92. The highest BCUT2D eigenvalue weighted by Gasteiger charge is 2.25. The average molecular weight is 403 g/mol. The Balaban J connectivity index is 1.80. The van der Waals surface area contributed by atoms with Crippen LogP contribution < -0.4 is 10.0 Å². The molecule has 150 valence electrons. The Morgan fingerprint density at radius 1 is 1.18 bits per heavy atom. The summed E-state index contributed by atoms with van der Waals surface area (Å²) in [5.41, 5.74) is 2.49. The van der Waals surface area contributed by atoms with Gasteiger partial charge in [0.1, 0.15) is 0 Å². The molecule has 6 nitrogen and oxygen atoms in total. The number of anilines is 1. The Kier molecular flexibility index (Phi) is 6.05. The van der Waals surface area contributed by atoms with Crippen LogP contribution in [0, 0.1) is 13.8 Å². The molecule has 0 radical (unpaired) electrons. The number of hydrogen-bond acceptors (Lipinski definition) is 4. The minimum atomic E-state index is -3.80. The van der Waals surface area contributed by atoms with E-state index in [1.54, 1.807) is 31.2 Å². The first-order valence-electron chi connectivity index (χ1n) is 9.39. The van der Waals surface area contributed by atoms with Gasteiger partial charge in [0.2, 0.25) is 0 Å². The van der Waals surface area contributed by atoms with Crippen LogP contribution in [-0.4, -0.2) is 33.1 Å². The Morgan fingerprint density at radius 3 is 2.64 bits per heavy atom. The van der Waals surface area contributed by atoms with Crippen molar-refractivity contribution >= 4 is 21.6 Å². The van der Waals surface area contributed by atoms with Gasteiger partial charge in [0.15, 0.2) is 0 Å². The van der Waals surface area contributed by atoms with Crippen LogP contribution in [0.5, 0.6) is 0 Å². The molecule has 0 aromatic heterocycles. The molecule has 2 aromatic rings. The minimum Gasteiger partial charge on any atom is -0.376 e. The number of rotatable bonds is 6. The fraction of sp³-hybridized carbons (Fsp3) is 0.381. The first-order valence-corrected chi connectivity index (χ1v) is 10.9. The molecule has 0 spiro atoms. The third kappa shape index (κ3) is 4.72. The Labute approximate surface area is 166 Å². The Bertz CT molecular complexity index is 966. The molecule has 28 heavy (non-hydrogen) atoms. The van der Waals surface area contributed by atoms with Gasteiger partial charge in [0.25, 0.3) is 15.9 Å². The van der Waals surface area contributed by atoms with Crippen LogP contribution in [0.2, 0.25) is 0 Å². The van der Waals surface area contributed by atoms with Crippen LogP contribution in [0.3, 0.4) is 0 Å². The van der Waals surface area contributed by atoms with Gasteiger partial charge in [-0.05, 0) is 69.0 Å². The summed E-state index contributed by atoms with van der Waals surface area (Å²) >= 11 is 0. The number of ether oxygens (including phenoxy) is 1. The average Bonchev–Trinajstić information content (AvgIpc) is 3.16. The van der Waals surface area contributed by atoms with Crippen LogP contribution >= 0.6 is 0 Å². The third-order valence-electron chi connectivity index (χ3n) is 4.92. The first kappa shape index (κ1) is 20.4. The molecule has 0 saturated carbocycles. The van der Waals surface area contributed by atoms with Crippen LogP contribution in [-0.2, 0) is 14.8 Å². The second kappa shape index (κ2) is 8.32. The van der Waals surface area contributed by atoms with Crippen LogP contribution in [0.4, 0.5) is 5.69 Å². The smallest absolute Gasteiger partial charge is 0.261 e. The summed E-state index contributed by atoms with van der Waals surface area (Å²) in [6, 6.07) is 11.6. The number of hydrogen-bond donors (Lipinski definition) is 2. The van der Waals surface area contributed by atoms with Crippen molar-refractivity contribution in [1.29, 1.82) is 0 Å².